The molecule has 38 heavy (non-hydrogen) atoms. The third-order valence-corrected chi connectivity index (χ3v) is 7.70. The maximum atomic E-state index is 13.1. The first-order valence-electron chi connectivity index (χ1n) is 13.3. The van der Waals surface area contributed by atoms with E-state index in [1.807, 2.05) is 20.8 Å². The lowest BCUT2D eigenvalue weighted by Gasteiger charge is -2.38. The number of hydrogen-bond acceptors (Lipinski definition) is 10. The quantitative estimate of drug-likeness (QED) is 0.231. The van der Waals surface area contributed by atoms with E-state index in [1.165, 1.54) is 0 Å². The molecule has 2 aliphatic heterocycles. The van der Waals surface area contributed by atoms with Crippen molar-refractivity contribution in [3.63, 3.8) is 0 Å². The van der Waals surface area contributed by atoms with E-state index in [2.05, 4.69) is 5.32 Å². The average molecular weight is 545 g/mol. The minimum absolute atomic E-state index is 0.0156. The standard InChI is InChI=1S/C26H44N2O10/c1-8-13(2)20(29)16(5)22-26(7,38-25(33)28-22)12-35-23(31)15(4)18(9-10-34-24(27)32)37-19-11-14(3)21(30)17(6)36-19/h13-19,21-22,30H,8-12H2,1-7H3,(H2,27,32)(H,28,33)/t13-,14?,15?,16?,17?,18+,19+,21-,22?,26-/m1/s1. The highest BCUT2D eigenvalue weighted by molar-refractivity contribution is 5.85. The van der Waals surface area contributed by atoms with Gasteiger partial charge in [-0.3, -0.25) is 9.59 Å². The first kappa shape index (κ1) is 31.8. The van der Waals surface area contributed by atoms with Crippen LogP contribution in [-0.2, 0) is 33.3 Å². The van der Waals surface area contributed by atoms with Gasteiger partial charge in [0.25, 0.3) is 0 Å². The molecule has 2 saturated heterocycles. The molecule has 4 N–H and O–H groups in total. The molecule has 2 aliphatic rings. The minimum atomic E-state index is -1.26. The van der Waals surface area contributed by atoms with E-state index in [-0.39, 0.29) is 37.3 Å². The van der Waals surface area contributed by atoms with Gasteiger partial charge in [-0.1, -0.05) is 27.7 Å². The van der Waals surface area contributed by atoms with Crippen LogP contribution in [0.3, 0.4) is 0 Å². The molecule has 0 aromatic carbocycles. The van der Waals surface area contributed by atoms with Crippen LogP contribution in [0, 0.1) is 23.7 Å². The number of nitrogens with one attached hydrogen (secondary N) is 1. The number of amides is 2. The van der Waals surface area contributed by atoms with Crippen molar-refractivity contribution in [3.8, 4) is 0 Å². The third-order valence-electron chi connectivity index (χ3n) is 7.70. The van der Waals surface area contributed by atoms with E-state index in [0.29, 0.717) is 12.8 Å². The Balaban J connectivity index is 2.09. The number of nitrogens with two attached hydrogens (primary N) is 1. The van der Waals surface area contributed by atoms with Crippen molar-refractivity contribution in [3.05, 3.63) is 0 Å². The summed E-state index contributed by atoms with van der Waals surface area (Å²) < 4.78 is 27.7. The number of ketones is 1. The number of aliphatic hydroxyl groups is 1. The predicted molar refractivity (Wildman–Crippen MR) is 135 cm³/mol. The molecule has 0 saturated carbocycles. The molecule has 0 spiro atoms. The molecule has 0 aromatic heterocycles. The van der Waals surface area contributed by atoms with Crippen molar-refractivity contribution in [1.82, 2.24) is 5.32 Å². The molecule has 2 rings (SSSR count). The van der Waals surface area contributed by atoms with Crippen molar-refractivity contribution >= 4 is 23.9 Å². The van der Waals surface area contributed by atoms with E-state index in [4.69, 9.17) is 29.4 Å². The summed E-state index contributed by atoms with van der Waals surface area (Å²) in [6, 6.07) is -0.680. The van der Waals surface area contributed by atoms with Gasteiger partial charge in [-0.05, 0) is 33.1 Å². The van der Waals surface area contributed by atoms with Gasteiger partial charge in [-0.2, -0.15) is 0 Å². The molecular weight excluding hydrogens is 500 g/mol. The molecular formula is C26H44N2O10. The van der Waals surface area contributed by atoms with E-state index >= 15 is 0 Å². The topological polar surface area (TPSA) is 173 Å². The first-order valence-corrected chi connectivity index (χ1v) is 13.3. The summed E-state index contributed by atoms with van der Waals surface area (Å²) in [4.78, 5) is 49.0. The number of aliphatic hydroxyl groups excluding tert-OH is 1. The molecule has 0 aromatic rings. The van der Waals surface area contributed by atoms with E-state index in [0.717, 1.165) is 0 Å². The third kappa shape index (κ3) is 8.03. The molecule has 10 atom stereocenters. The Hall–Kier alpha value is -2.44. The summed E-state index contributed by atoms with van der Waals surface area (Å²) in [5.41, 5.74) is 3.81. The highest BCUT2D eigenvalue weighted by Crippen LogP contribution is 2.32. The van der Waals surface area contributed by atoms with Gasteiger partial charge in [-0.25, -0.2) is 9.59 Å². The molecule has 12 heteroatoms. The van der Waals surface area contributed by atoms with Gasteiger partial charge in [-0.15, -0.1) is 0 Å². The largest absolute Gasteiger partial charge is 0.461 e. The Morgan fingerprint density at radius 3 is 2.45 bits per heavy atom. The van der Waals surface area contributed by atoms with Crippen LogP contribution in [0.5, 0.6) is 0 Å². The van der Waals surface area contributed by atoms with Gasteiger partial charge in [0, 0.05) is 24.7 Å². The first-order chi connectivity index (χ1) is 17.7. The van der Waals surface area contributed by atoms with Gasteiger partial charge in [0.1, 0.15) is 12.4 Å². The Kier molecular flexibility index (Phi) is 11.3. The number of carbonyl (C=O) groups excluding carboxylic acids is 4. The molecule has 2 amide bonds. The van der Waals surface area contributed by atoms with Crippen LogP contribution in [0.15, 0.2) is 0 Å². The maximum absolute atomic E-state index is 13.1. The van der Waals surface area contributed by atoms with Gasteiger partial charge in [0.05, 0.1) is 36.9 Å². The Bertz CT molecular complexity index is 842. The fraction of sp³-hybridized carbons (Fsp3) is 0.846. The summed E-state index contributed by atoms with van der Waals surface area (Å²) in [6.07, 6.45) is -2.98. The zero-order chi connectivity index (χ0) is 28.8. The Labute approximate surface area is 224 Å². The van der Waals surface area contributed by atoms with Crippen LogP contribution in [0.4, 0.5) is 9.59 Å². The number of primary amides is 1. The van der Waals surface area contributed by atoms with Gasteiger partial charge >= 0.3 is 18.2 Å². The molecule has 2 heterocycles. The minimum Gasteiger partial charge on any atom is -0.461 e. The van der Waals surface area contributed by atoms with Crippen LogP contribution in [0.1, 0.15) is 67.7 Å². The molecule has 2 fully saturated rings. The number of ether oxygens (including phenoxy) is 5. The number of alkyl carbamates (subject to hydrolysis) is 1. The summed E-state index contributed by atoms with van der Waals surface area (Å²) in [7, 11) is 0. The van der Waals surface area contributed by atoms with E-state index in [1.54, 1.807) is 27.7 Å². The number of rotatable bonds is 13. The van der Waals surface area contributed by atoms with Crippen molar-refractivity contribution in [2.24, 2.45) is 29.4 Å². The van der Waals surface area contributed by atoms with Crippen LogP contribution >= 0.6 is 0 Å². The molecule has 0 radical (unpaired) electrons. The fourth-order valence-corrected chi connectivity index (χ4v) is 4.94. The fourth-order valence-electron chi connectivity index (χ4n) is 4.94. The number of esters is 1. The molecule has 0 aliphatic carbocycles. The monoisotopic (exact) mass is 544 g/mol. The summed E-state index contributed by atoms with van der Waals surface area (Å²) in [5, 5.41) is 12.9. The Morgan fingerprint density at radius 1 is 1.21 bits per heavy atom. The lowest BCUT2D eigenvalue weighted by atomic mass is 9.81. The average Bonchev–Trinajstić information content (AvgIpc) is 3.16. The van der Waals surface area contributed by atoms with Gasteiger partial charge in [0.2, 0.25) is 0 Å². The molecule has 12 nitrogen and oxygen atoms in total. The van der Waals surface area contributed by atoms with Crippen molar-refractivity contribution in [2.45, 2.75) is 104 Å². The van der Waals surface area contributed by atoms with Crippen molar-refractivity contribution in [2.75, 3.05) is 13.2 Å². The van der Waals surface area contributed by atoms with Crippen molar-refractivity contribution < 1.29 is 48.0 Å². The number of Topliss-reactive ketones (excluding diaryl/α,β-unsaturated/α-hetero) is 1. The van der Waals surface area contributed by atoms with Gasteiger partial charge < -0.3 is 39.8 Å². The SMILES string of the molecule is CC[C@@H](C)C(=O)C(C)C1NC(=O)O[C@]1(C)COC(=O)C(C)[C@H](CCOC(N)=O)O[C@H]1CC(C)[C@@H](O)C(C)O1. The van der Waals surface area contributed by atoms with Crippen LogP contribution < -0.4 is 11.1 Å². The highest BCUT2D eigenvalue weighted by Gasteiger charge is 2.51. The second-order valence-electron chi connectivity index (χ2n) is 10.8. The van der Waals surface area contributed by atoms with E-state index < -0.39 is 66.2 Å². The van der Waals surface area contributed by atoms with Crippen LogP contribution in [0.2, 0.25) is 0 Å². The lowest BCUT2D eigenvalue weighted by molar-refractivity contribution is -0.255. The highest BCUT2D eigenvalue weighted by atomic mass is 16.7. The lowest BCUT2D eigenvalue weighted by Crippen LogP contribution is -2.52. The zero-order valence-corrected chi connectivity index (χ0v) is 23.4. The zero-order valence-electron chi connectivity index (χ0n) is 23.4. The van der Waals surface area contributed by atoms with Crippen molar-refractivity contribution in [1.29, 1.82) is 0 Å². The summed E-state index contributed by atoms with van der Waals surface area (Å²) >= 11 is 0. The summed E-state index contributed by atoms with van der Waals surface area (Å²) in [5.74, 6) is -2.30. The second kappa shape index (κ2) is 13.6. The Morgan fingerprint density at radius 2 is 1.87 bits per heavy atom. The number of cyclic esters (lactones) is 1. The molecule has 0 bridgehead atoms. The van der Waals surface area contributed by atoms with Crippen LogP contribution in [-0.4, -0.2) is 78.5 Å². The normalized spacial score (nSPS) is 32.3. The smallest absolute Gasteiger partial charge is 0.408 e. The number of carbonyl (C=O) groups is 4. The van der Waals surface area contributed by atoms with Gasteiger partial charge in [0.15, 0.2) is 11.9 Å². The second-order valence-corrected chi connectivity index (χ2v) is 10.8. The molecule has 5 unspecified atom stereocenters. The number of hydrogen-bond donors (Lipinski definition) is 3. The summed E-state index contributed by atoms with van der Waals surface area (Å²) in [6.45, 7) is 11.9. The van der Waals surface area contributed by atoms with E-state index in [9.17, 15) is 24.3 Å². The maximum Gasteiger partial charge on any atom is 0.408 e. The van der Waals surface area contributed by atoms with Crippen LogP contribution in [0.25, 0.3) is 0 Å². The molecule has 218 valence electrons. The predicted octanol–water partition coefficient (Wildman–Crippen LogP) is 2.29.